The third-order valence-electron chi connectivity index (χ3n) is 6.45. The average molecular weight is 558 g/mol. The number of nitrogens with one attached hydrogen (secondary N) is 2. The van der Waals surface area contributed by atoms with Crippen LogP contribution in [-0.4, -0.2) is 89.1 Å². The van der Waals surface area contributed by atoms with Gasteiger partial charge in [0.15, 0.2) is 5.82 Å². The number of aliphatic carboxylic acids is 1. The smallest absolute Gasteiger partial charge is 0.409 e. The molecule has 11 nitrogen and oxygen atoms in total. The summed E-state index contributed by atoms with van der Waals surface area (Å²) in [6.45, 7) is 5.34. The molecule has 1 aliphatic heterocycles. The second-order valence-electron chi connectivity index (χ2n) is 9.33. The Morgan fingerprint density at radius 2 is 1.75 bits per heavy atom. The van der Waals surface area contributed by atoms with E-state index in [0.717, 1.165) is 12.8 Å². The Labute approximate surface area is 232 Å². The minimum Gasteiger partial charge on any atom is -0.481 e. The van der Waals surface area contributed by atoms with Crippen LogP contribution in [0.3, 0.4) is 0 Å². The number of nitrogens with zero attached hydrogens (tertiary/aromatic N) is 3. The number of hydrogen-bond donors (Lipinski definition) is 3. The molecule has 1 aromatic carbocycles. The highest BCUT2D eigenvalue weighted by Gasteiger charge is 2.31. The van der Waals surface area contributed by atoms with Crippen molar-refractivity contribution in [2.75, 3.05) is 44.6 Å². The van der Waals surface area contributed by atoms with Crippen molar-refractivity contribution in [3.05, 3.63) is 47.9 Å². The number of carbonyl (C=O) groups is 4. The summed E-state index contributed by atoms with van der Waals surface area (Å²) < 4.78 is 20.4. The van der Waals surface area contributed by atoms with Gasteiger partial charge in [-0.25, -0.2) is 14.2 Å². The van der Waals surface area contributed by atoms with Gasteiger partial charge >= 0.3 is 12.1 Å². The number of carbonyl (C=O) groups excluding carboxylic acids is 3. The number of amides is 3. The maximum atomic E-state index is 15.4. The van der Waals surface area contributed by atoms with Crippen molar-refractivity contribution in [1.29, 1.82) is 0 Å². The molecule has 1 fully saturated rings. The van der Waals surface area contributed by atoms with Crippen LogP contribution >= 0.6 is 0 Å². The van der Waals surface area contributed by atoms with Gasteiger partial charge in [-0.3, -0.25) is 14.4 Å². The minimum absolute atomic E-state index is 0.0178. The highest BCUT2D eigenvalue weighted by atomic mass is 19.1. The summed E-state index contributed by atoms with van der Waals surface area (Å²) in [5.41, 5.74) is 0.456. The van der Waals surface area contributed by atoms with E-state index in [-0.39, 0.29) is 62.7 Å². The molecular weight excluding hydrogens is 521 g/mol. The summed E-state index contributed by atoms with van der Waals surface area (Å²) in [7, 11) is 0. The highest BCUT2D eigenvalue weighted by molar-refractivity contribution is 5.97. The zero-order valence-electron chi connectivity index (χ0n) is 22.8. The van der Waals surface area contributed by atoms with E-state index >= 15 is 4.39 Å². The number of anilines is 1. The lowest BCUT2D eigenvalue weighted by Gasteiger charge is -2.35. The fourth-order valence-corrected chi connectivity index (χ4v) is 4.26. The topological polar surface area (TPSA) is 141 Å². The molecule has 0 bridgehead atoms. The predicted octanol–water partition coefficient (Wildman–Crippen LogP) is 3.36. The first-order valence-corrected chi connectivity index (χ1v) is 13.5. The summed E-state index contributed by atoms with van der Waals surface area (Å²) >= 11 is 0. The van der Waals surface area contributed by atoms with Crippen LogP contribution in [0.2, 0.25) is 0 Å². The lowest BCUT2D eigenvalue weighted by molar-refractivity contribution is -0.138. The number of ether oxygens (including phenoxy) is 1. The van der Waals surface area contributed by atoms with Gasteiger partial charge in [0.25, 0.3) is 5.91 Å². The van der Waals surface area contributed by atoms with Crippen LogP contribution in [0.15, 0.2) is 36.4 Å². The van der Waals surface area contributed by atoms with Gasteiger partial charge in [0.05, 0.1) is 12.3 Å². The third-order valence-corrected chi connectivity index (χ3v) is 6.45. The quantitative estimate of drug-likeness (QED) is 0.338. The van der Waals surface area contributed by atoms with Crippen LogP contribution < -0.4 is 10.6 Å². The average Bonchev–Trinajstić information content (AvgIpc) is 2.96. The van der Waals surface area contributed by atoms with Crippen molar-refractivity contribution in [2.24, 2.45) is 0 Å². The van der Waals surface area contributed by atoms with Gasteiger partial charge in [-0.15, -0.1) is 0 Å². The number of aromatic nitrogens is 1. The number of hydrogen-bond acceptors (Lipinski definition) is 7. The molecule has 1 atom stereocenters. The third kappa shape index (κ3) is 8.14. The zero-order chi connectivity index (χ0) is 29.1. The SMILES string of the molecule is CCCCNc1cc(C(=O)N[C@@H](CCC(=O)O)C(=O)N2CCN(C(=O)OCC)CC2)nc(-c2ccccc2)c1F. The highest BCUT2D eigenvalue weighted by Crippen LogP contribution is 2.27. The first-order valence-electron chi connectivity index (χ1n) is 13.5. The van der Waals surface area contributed by atoms with E-state index in [1.807, 2.05) is 6.92 Å². The van der Waals surface area contributed by atoms with E-state index in [1.165, 1.54) is 15.9 Å². The Hall–Kier alpha value is -4.22. The van der Waals surface area contributed by atoms with Crippen LogP contribution in [0.5, 0.6) is 0 Å². The molecule has 0 unspecified atom stereocenters. The van der Waals surface area contributed by atoms with Gasteiger partial charge in [0, 0.05) is 44.7 Å². The van der Waals surface area contributed by atoms with Crippen LogP contribution in [0.4, 0.5) is 14.9 Å². The Morgan fingerprint density at radius 3 is 2.38 bits per heavy atom. The first-order chi connectivity index (χ1) is 19.2. The standard InChI is InChI=1S/C28H36FN5O6/c1-3-5-13-30-21-18-22(31-25(24(21)29)19-9-7-6-8-10-19)26(37)32-20(11-12-23(35)36)27(38)33-14-16-34(17-15-33)28(39)40-4-2/h6-10,18,20H,3-5,11-17H2,1-2H3,(H,30,31)(H,32,37)(H,35,36)/t20-/m0/s1. The lowest BCUT2D eigenvalue weighted by atomic mass is 10.1. The number of rotatable bonds is 12. The molecule has 2 heterocycles. The van der Waals surface area contributed by atoms with Gasteiger partial charge in [0.1, 0.15) is 17.4 Å². The maximum absolute atomic E-state index is 15.4. The van der Waals surface area contributed by atoms with Gasteiger partial charge in [-0.2, -0.15) is 0 Å². The fourth-order valence-electron chi connectivity index (χ4n) is 4.26. The van der Waals surface area contributed by atoms with Crippen molar-refractivity contribution < 1.29 is 33.4 Å². The molecule has 3 rings (SSSR count). The van der Waals surface area contributed by atoms with Crippen LogP contribution in [0.25, 0.3) is 11.3 Å². The van der Waals surface area contributed by atoms with Crippen LogP contribution in [0.1, 0.15) is 50.0 Å². The van der Waals surface area contributed by atoms with Gasteiger partial charge in [-0.05, 0) is 25.8 Å². The second kappa shape index (κ2) is 14.8. The maximum Gasteiger partial charge on any atom is 0.409 e. The van der Waals surface area contributed by atoms with E-state index in [2.05, 4.69) is 15.6 Å². The minimum atomic E-state index is -1.15. The van der Waals surface area contributed by atoms with Crippen molar-refractivity contribution >= 4 is 29.6 Å². The fraction of sp³-hybridized carbons (Fsp3) is 0.464. The van der Waals surface area contributed by atoms with Crippen molar-refractivity contribution in [3.8, 4) is 11.3 Å². The number of benzene rings is 1. The monoisotopic (exact) mass is 557 g/mol. The Morgan fingerprint density at radius 1 is 1.07 bits per heavy atom. The zero-order valence-corrected chi connectivity index (χ0v) is 22.8. The summed E-state index contributed by atoms with van der Waals surface area (Å²) in [5.74, 6) is -2.92. The first kappa shape index (κ1) is 30.3. The number of carboxylic acid groups (broad SMARTS) is 1. The Kier molecular flexibility index (Phi) is 11.2. The van der Waals surface area contributed by atoms with Gasteiger partial charge < -0.3 is 30.3 Å². The van der Waals surface area contributed by atoms with E-state index in [4.69, 9.17) is 4.74 Å². The van der Waals surface area contributed by atoms with Crippen LogP contribution in [0, 0.1) is 5.82 Å². The molecule has 0 radical (unpaired) electrons. The molecule has 2 aromatic rings. The number of unbranched alkanes of at least 4 members (excludes halogenated alkanes) is 1. The molecule has 3 amide bonds. The predicted molar refractivity (Wildman–Crippen MR) is 146 cm³/mol. The molecule has 1 aromatic heterocycles. The summed E-state index contributed by atoms with van der Waals surface area (Å²) in [6, 6.07) is 8.75. The van der Waals surface area contributed by atoms with Crippen LogP contribution in [-0.2, 0) is 14.3 Å². The molecule has 12 heteroatoms. The molecule has 40 heavy (non-hydrogen) atoms. The number of piperazine rings is 1. The second-order valence-corrected chi connectivity index (χ2v) is 9.33. The van der Waals surface area contributed by atoms with Crippen molar-refractivity contribution in [2.45, 2.75) is 45.6 Å². The summed E-state index contributed by atoms with van der Waals surface area (Å²) in [5, 5.41) is 14.9. The van der Waals surface area contributed by atoms with E-state index in [0.29, 0.717) is 12.1 Å². The lowest BCUT2D eigenvalue weighted by Crippen LogP contribution is -2.56. The molecule has 0 aliphatic carbocycles. The van der Waals surface area contributed by atoms with E-state index in [1.54, 1.807) is 37.3 Å². The Bertz CT molecular complexity index is 1190. The number of halogens is 1. The molecular formula is C28H36FN5O6. The molecule has 216 valence electrons. The number of pyridine rings is 1. The van der Waals surface area contributed by atoms with E-state index < -0.39 is 35.7 Å². The van der Waals surface area contributed by atoms with Crippen molar-refractivity contribution in [1.82, 2.24) is 20.1 Å². The number of carboxylic acids is 1. The molecule has 1 saturated heterocycles. The molecule has 3 N–H and O–H groups in total. The van der Waals surface area contributed by atoms with Crippen molar-refractivity contribution in [3.63, 3.8) is 0 Å². The largest absolute Gasteiger partial charge is 0.481 e. The van der Waals surface area contributed by atoms with Gasteiger partial charge in [0.2, 0.25) is 5.91 Å². The van der Waals surface area contributed by atoms with Gasteiger partial charge in [-0.1, -0.05) is 43.7 Å². The molecule has 0 saturated carbocycles. The normalized spacial score (nSPS) is 13.9. The molecule has 1 aliphatic rings. The Balaban J connectivity index is 1.83. The molecule has 0 spiro atoms. The summed E-state index contributed by atoms with van der Waals surface area (Å²) in [4.78, 5) is 57.2. The summed E-state index contributed by atoms with van der Waals surface area (Å²) in [6.07, 6.45) is 0.714. The van der Waals surface area contributed by atoms with E-state index in [9.17, 15) is 24.3 Å².